The van der Waals surface area contributed by atoms with Gasteiger partial charge in [0.2, 0.25) is 5.89 Å². The molecule has 106 valence electrons. The number of nitrogens with one attached hydrogen (secondary N) is 1. The van der Waals surface area contributed by atoms with Crippen LogP contribution < -0.4 is 5.32 Å². The van der Waals surface area contributed by atoms with Crippen molar-refractivity contribution in [3.63, 3.8) is 0 Å². The molecule has 0 amide bonds. The summed E-state index contributed by atoms with van der Waals surface area (Å²) in [4.78, 5) is 4.42. The van der Waals surface area contributed by atoms with Gasteiger partial charge in [-0.25, -0.2) is 8.42 Å². The van der Waals surface area contributed by atoms with E-state index in [1.165, 1.54) is 19.3 Å². The second-order valence-corrected chi connectivity index (χ2v) is 7.68. The molecule has 1 aromatic heterocycles. The number of hydrogen-bond acceptors (Lipinski definition) is 6. The van der Waals surface area contributed by atoms with Crippen LogP contribution in [0.3, 0.4) is 0 Å². The van der Waals surface area contributed by atoms with Crippen LogP contribution in [0.25, 0.3) is 0 Å². The Balaban J connectivity index is 1.72. The molecule has 0 aliphatic carbocycles. The number of nitrogens with zero attached hydrogens (tertiary/aromatic N) is 2. The van der Waals surface area contributed by atoms with Crippen LogP contribution in [-0.2, 0) is 9.84 Å². The van der Waals surface area contributed by atoms with Crippen LogP contribution in [0.5, 0.6) is 0 Å². The average molecular weight is 285 g/mol. The molecule has 2 fully saturated rings. The summed E-state index contributed by atoms with van der Waals surface area (Å²) in [5.74, 6) is 1.43. The second-order valence-electron chi connectivity index (χ2n) is 5.45. The van der Waals surface area contributed by atoms with E-state index in [9.17, 15) is 8.42 Å². The zero-order valence-corrected chi connectivity index (χ0v) is 11.7. The molecular weight excluding hydrogens is 266 g/mol. The van der Waals surface area contributed by atoms with Gasteiger partial charge in [-0.3, -0.25) is 0 Å². The fraction of sp³-hybridized carbons (Fsp3) is 0.833. The quantitative estimate of drug-likeness (QED) is 0.878. The minimum absolute atomic E-state index is 0.114. The highest BCUT2D eigenvalue weighted by molar-refractivity contribution is 7.91. The van der Waals surface area contributed by atoms with Gasteiger partial charge in [0.15, 0.2) is 15.7 Å². The molecular formula is C12H19N3O3S. The molecule has 0 saturated carbocycles. The first-order valence-corrected chi connectivity index (χ1v) is 8.73. The van der Waals surface area contributed by atoms with Gasteiger partial charge in [0, 0.05) is 0 Å². The predicted molar refractivity (Wildman–Crippen MR) is 69.5 cm³/mol. The van der Waals surface area contributed by atoms with Crippen LogP contribution in [0.2, 0.25) is 0 Å². The minimum atomic E-state index is -2.91. The van der Waals surface area contributed by atoms with Gasteiger partial charge in [0.1, 0.15) is 0 Å². The van der Waals surface area contributed by atoms with Gasteiger partial charge >= 0.3 is 0 Å². The highest BCUT2D eigenvalue weighted by Crippen LogP contribution is 2.29. The lowest BCUT2D eigenvalue weighted by Crippen LogP contribution is -2.21. The lowest BCUT2D eigenvalue weighted by atomic mass is 10.1. The van der Waals surface area contributed by atoms with Gasteiger partial charge in [-0.2, -0.15) is 4.98 Å². The van der Waals surface area contributed by atoms with E-state index in [4.69, 9.17) is 4.52 Å². The van der Waals surface area contributed by atoms with Gasteiger partial charge in [-0.05, 0) is 25.8 Å². The Morgan fingerprint density at radius 2 is 2.11 bits per heavy atom. The third-order valence-electron chi connectivity index (χ3n) is 3.91. The minimum Gasteiger partial charge on any atom is -0.339 e. The zero-order valence-electron chi connectivity index (χ0n) is 10.8. The Hall–Kier alpha value is -0.950. The third kappa shape index (κ3) is 2.97. The molecule has 0 radical (unpaired) electrons. The zero-order chi connectivity index (χ0) is 13.3. The normalized spacial score (nSPS) is 31.2. The second kappa shape index (κ2) is 5.20. The molecule has 7 heteroatoms. The molecule has 2 saturated heterocycles. The number of rotatable bonds is 2. The fourth-order valence-corrected chi connectivity index (χ4v) is 4.53. The van der Waals surface area contributed by atoms with E-state index < -0.39 is 9.84 Å². The van der Waals surface area contributed by atoms with E-state index in [0.717, 1.165) is 13.0 Å². The Labute approximate surface area is 112 Å². The number of hydrogen-bond donors (Lipinski definition) is 1. The lowest BCUT2D eigenvalue weighted by Gasteiger charge is -2.10. The fourth-order valence-electron chi connectivity index (χ4n) is 2.79. The predicted octanol–water partition coefficient (Wildman–Crippen LogP) is 1.18. The Kier molecular flexibility index (Phi) is 3.58. The van der Waals surface area contributed by atoms with Gasteiger partial charge in [-0.15, -0.1) is 0 Å². The summed E-state index contributed by atoms with van der Waals surface area (Å²) >= 11 is 0. The van der Waals surface area contributed by atoms with Crippen molar-refractivity contribution in [3.8, 4) is 0 Å². The van der Waals surface area contributed by atoms with Crippen molar-refractivity contribution in [2.24, 2.45) is 0 Å². The summed E-state index contributed by atoms with van der Waals surface area (Å²) in [6.45, 7) is 0.979. The molecule has 0 bridgehead atoms. The molecule has 0 aromatic carbocycles. The van der Waals surface area contributed by atoms with Gasteiger partial charge in [-0.1, -0.05) is 18.0 Å². The molecule has 2 aliphatic rings. The van der Waals surface area contributed by atoms with Crippen LogP contribution in [0.15, 0.2) is 4.52 Å². The maximum atomic E-state index is 11.5. The highest BCUT2D eigenvalue weighted by atomic mass is 32.2. The maximum absolute atomic E-state index is 11.5. The van der Waals surface area contributed by atoms with Crippen molar-refractivity contribution in [2.45, 2.75) is 44.1 Å². The van der Waals surface area contributed by atoms with E-state index in [1.807, 2.05) is 0 Å². The largest absolute Gasteiger partial charge is 0.339 e. The van der Waals surface area contributed by atoms with Crippen molar-refractivity contribution in [2.75, 3.05) is 18.1 Å². The molecule has 2 unspecified atom stereocenters. The topological polar surface area (TPSA) is 85.1 Å². The third-order valence-corrected chi connectivity index (χ3v) is 5.68. The Morgan fingerprint density at radius 1 is 1.21 bits per heavy atom. The van der Waals surface area contributed by atoms with Crippen LogP contribution in [0.1, 0.15) is 55.8 Å². The maximum Gasteiger partial charge on any atom is 0.230 e. The first-order valence-electron chi connectivity index (χ1n) is 6.91. The summed E-state index contributed by atoms with van der Waals surface area (Å²) in [5.41, 5.74) is 0. The summed E-state index contributed by atoms with van der Waals surface area (Å²) in [6.07, 6.45) is 5.19. The monoisotopic (exact) mass is 285 g/mol. The smallest absolute Gasteiger partial charge is 0.230 e. The molecule has 6 nitrogen and oxygen atoms in total. The van der Waals surface area contributed by atoms with Gasteiger partial charge in [0.05, 0.1) is 23.5 Å². The molecule has 19 heavy (non-hydrogen) atoms. The van der Waals surface area contributed by atoms with Crippen molar-refractivity contribution in [3.05, 3.63) is 11.7 Å². The Morgan fingerprint density at radius 3 is 2.89 bits per heavy atom. The number of sulfone groups is 1. The first-order chi connectivity index (χ1) is 9.14. The summed E-state index contributed by atoms with van der Waals surface area (Å²) in [5, 5.41) is 7.45. The first kappa shape index (κ1) is 13.1. The van der Waals surface area contributed by atoms with E-state index in [0.29, 0.717) is 18.1 Å². The Bertz CT molecular complexity index is 532. The van der Waals surface area contributed by atoms with E-state index in [-0.39, 0.29) is 23.5 Å². The molecule has 2 aliphatic heterocycles. The SMILES string of the molecule is O=S1(=O)CCC(c2nc(C3CCCCCN3)no2)C1. The highest BCUT2D eigenvalue weighted by Gasteiger charge is 2.33. The molecule has 3 heterocycles. The van der Waals surface area contributed by atoms with Crippen molar-refractivity contribution >= 4 is 9.84 Å². The van der Waals surface area contributed by atoms with Gasteiger partial charge in [0.25, 0.3) is 0 Å². The molecule has 0 spiro atoms. The van der Waals surface area contributed by atoms with E-state index >= 15 is 0 Å². The van der Waals surface area contributed by atoms with Crippen LogP contribution in [0, 0.1) is 0 Å². The van der Waals surface area contributed by atoms with Crippen molar-refractivity contribution in [1.29, 1.82) is 0 Å². The van der Waals surface area contributed by atoms with Crippen molar-refractivity contribution < 1.29 is 12.9 Å². The van der Waals surface area contributed by atoms with E-state index in [2.05, 4.69) is 15.5 Å². The summed E-state index contributed by atoms with van der Waals surface area (Å²) in [6, 6.07) is 0.151. The summed E-state index contributed by atoms with van der Waals surface area (Å²) in [7, 11) is -2.91. The molecule has 2 atom stereocenters. The molecule has 1 aromatic rings. The molecule has 1 N–H and O–H groups in total. The van der Waals surface area contributed by atoms with Crippen LogP contribution in [-0.4, -0.2) is 36.6 Å². The van der Waals surface area contributed by atoms with E-state index in [1.54, 1.807) is 0 Å². The lowest BCUT2D eigenvalue weighted by molar-refractivity contribution is 0.349. The van der Waals surface area contributed by atoms with Gasteiger partial charge < -0.3 is 9.84 Å². The molecule has 3 rings (SSSR count). The van der Waals surface area contributed by atoms with Crippen molar-refractivity contribution in [1.82, 2.24) is 15.5 Å². The average Bonchev–Trinajstić information content (AvgIpc) is 2.88. The standard InChI is InChI=1S/C12H19N3O3S/c16-19(17)7-5-9(8-19)12-14-11(15-18-12)10-4-2-1-3-6-13-10/h9-10,13H,1-8H2. The number of aromatic nitrogens is 2. The summed E-state index contributed by atoms with van der Waals surface area (Å²) < 4.78 is 28.2. The van der Waals surface area contributed by atoms with Crippen LogP contribution in [0.4, 0.5) is 0 Å². The van der Waals surface area contributed by atoms with Crippen LogP contribution >= 0.6 is 0 Å².